The molecule has 26 heavy (non-hydrogen) atoms. The first-order valence-corrected chi connectivity index (χ1v) is 7.64. The number of nitrogens with two attached hydrogens (primary N) is 1. The summed E-state index contributed by atoms with van der Waals surface area (Å²) >= 11 is 0. The fraction of sp³-hybridized carbons (Fsp3) is 0.0526. The highest BCUT2D eigenvalue weighted by molar-refractivity contribution is 6.07. The van der Waals surface area contributed by atoms with E-state index in [4.69, 9.17) is 10.5 Å². The van der Waals surface area contributed by atoms with Gasteiger partial charge in [-0.2, -0.15) is 10.4 Å². The van der Waals surface area contributed by atoms with Gasteiger partial charge in [-0.15, -0.1) is 0 Å². The number of ketones is 1. The molecule has 128 valence electrons. The zero-order chi connectivity index (χ0) is 18.7. The molecule has 1 heterocycles. The van der Waals surface area contributed by atoms with E-state index >= 15 is 0 Å². The van der Waals surface area contributed by atoms with Crippen LogP contribution in [0.25, 0.3) is 5.69 Å². The second-order valence-electron chi connectivity index (χ2n) is 5.35. The molecule has 2 N–H and O–H groups in total. The van der Waals surface area contributed by atoms with Crippen molar-refractivity contribution in [2.45, 2.75) is 0 Å². The standard InChI is InChI=1S/C19H14N4O3/c1-26-14-9-7-13(8-10-14)23-19(21)15(11-20)18(25)16(22-23)17(24)12-5-3-2-4-6-12/h2-10H,21H2,1H3. The molecule has 0 aliphatic rings. The molecular formula is C19H14N4O3. The van der Waals surface area contributed by atoms with Gasteiger partial charge >= 0.3 is 0 Å². The van der Waals surface area contributed by atoms with Gasteiger partial charge in [0.05, 0.1) is 12.8 Å². The van der Waals surface area contributed by atoms with Crippen LogP contribution in [0.3, 0.4) is 0 Å². The largest absolute Gasteiger partial charge is 0.497 e. The number of rotatable bonds is 4. The average molecular weight is 346 g/mol. The summed E-state index contributed by atoms with van der Waals surface area (Å²) < 4.78 is 6.31. The van der Waals surface area contributed by atoms with Gasteiger partial charge in [0.25, 0.3) is 0 Å². The lowest BCUT2D eigenvalue weighted by Gasteiger charge is -2.12. The number of nitrogen functional groups attached to an aromatic ring is 1. The minimum absolute atomic E-state index is 0.132. The smallest absolute Gasteiger partial charge is 0.231 e. The third kappa shape index (κ3) is 2.91. The van der Waals surface area contributed by atoms with Crippen molar-refractivity contribution in [3.05, 3.63) is 81.6 Å². The topological polar surface area (TPSA) is 111 Å². The first-order chi connectivity index (χ1) is 12.6. The molecule has 0 saturated heterocycles. The van der Waals surface area contributed by atoms with Crippen molar-refractivity contribution in [2.75, 3.05) is 12.8 Å². The monoisotopic (exact) mass is 346 g/mol. The number of aromatic nitrogens is 2. The van der Waals surface area contributed by atoms with Gasteiger partial charge in [0.15, 0.2) is 5.69 Å². The number of carbonyl (C=O) groups is 1. The van der Waals surface area contributed by atoms with Crippen molar-refractivity contribution in [3.8, 4) is 17.5 Å². The Hall–Kier alpha value is -3.92. The van der Waals surface area contributed by atoms with Crippen molar-refractivity contribution in [1.82, 2.24) is 9.78 Å². The highest BCUT2D eigenvalue weighted by Crippen LogP contribution is 2.18. The van der Waals surface area contributed by atoms with Gasteiger partial charge in [-0.1, -0.05) is 30.3 Å². The Morgan fingerprint density at radius 3 is 2.38 bits per heavy atom. The maximum atomic E-state index is 12.7. The predicted octanol–water partition coefficient (Wildman–Crippen LogP) is 1.93. The van der Waals surface area contributed by atoms with E-state index in [2.05, 4.69) is 5.10 Å². The Morgan fingerprint density at radius 2 is 1.81 bits per heavy atom. The van der Waals surface area contributed by atoms with Crippen LogP contribution in [0.4, 0.5) is 5.82 Å². The maximum absolute atomic E-state index is 12.7. The van der Waals surface area contributed by atoms with Crippen molar-refractivity contribution in [2.24, 2.45) is 0 Å². The summed E-state index contributed by atoms with van der Waals surface area (Å²) in [4.78, 5) is 25.2. The van der Waals surface area contributed by atoms with E-state index in [9.17, 15) is 14.9 Å². The van der Waals surface area contributed by atoms with Gasteiger partial charge in [-0.25, -0.2) is 4.68 Å². The van der Waals surface area contributed by atoms with Crippen molar-refractivity contribution in [1.29, 1.82) is 5.26 Å². The molecule has 0 aliphatic carbocycles. The predicted molar refractivity (Wildman–Crippen MR) is 95.4 cm³/mol. The van der Waals surface area contributed by atoms with Crippen LogP contribution in [-0.4, -0.2) is 22.7 Å². The highest BCUT2D eigenvalue weighted by Gasteiger charge is 2.22. The third-order valence-corrected chi connectivity index (χ3v) is 3.81. The molecule has 0 radical (unpaired) electrons. The second kappa shape index (κ2) is 6.91. The van der Waals surface area contributed by atoms with Crippen molar-refractivity contribution >= 4 is 11.6 Å². The lowest BCUT2D eigenvalue weighted by atomic mass is 10.1. The molecule has 0 atom stereocenters. The lowest BCUT2D eigenvalue weighted by molar-refractivity contribution is 0.103. The number of ether oxygens (including phenoxy) is 1. The molecule has 0 aliphatic heterocycles. The van der Waals surface area contributed by atoms with E-state index < -0.39 is 11.2 Å². The van der Waals surface area contributed by atoms with E-state index in [1.54, 1.807) is 60.7 Å². The van der Waals surface area contributed by atoms with E-state index in [0.717, 1.165) is 0 Å². The Morgan fingerprint density at radius 1 is 1.15 bits per heavy atom. The fourth-order valence-corrected chi connectivity index (χ4v) is 2.44. The van der Waals surface area contributed by atoms with Gasteiger partial charge in [0.2, 0.25) is 11.2 Å². The van der Waals surface area contributed by atoms with Gasteiger partial charge < -0.3 is 10.5 Å². The molecule has 0 saturated carbocycles. The Kier molecular flexibility index (Phi) is 4.50. The number of nitriles is 1. The van der Waals surface area contributed by atoms with Gasteiger partial charge in [0.1, 0.15) is 23.2 Å². The van der Waals surface area contributed by atoms with Gasteiger partial charge in [0, 0.05) is 5.56 Å². The van der Waals surface area contributed by atoms with E-state index in [1.807, 2.05) is 0 Å². The van der Waals surface area contributed by atoms with E-state index in [-0.39, 0.29) is 17.1 Å². The minimum Gasteiger partial charge on any atom is -0.497 e. The maximum Gasteiger partial charge on any atom is 0.231 e. The SMILES string of the molecule is COc1ccc(-n2nc(C(=O)c3ccccc3)c(=O)c(C#N)c2N)cc1. The van der Waals surface area contributed by atoms with Gasteiger partial charge in [-0.3, -0.25) is 9.59 Å². The van der Waals surface area contributed by atoms with Crippen LogP contribution < -0.4 is 15.9 Å². The normalized spacial score (nSPS) is 10.2. The number of nitrogens with zero attached hydrogens (tertiary/aromatic N) is 3. The third-order valence-electron chi connectivity index (χ3n) is 3.81. The van der Waals surface area contributed by atoms with Crippen LogP contribution in [0.2, 0.25) is 0 Å². The summed E-state index contributed by atoms with van der Waals surface area (Å²) in [6.07, 6.45) is 0. The van der Waals surface area contributed by atoms with Crippen LogP contribution >= 0.6 is 0 Å². The van der Waals surface area contributed by atoms with Crippen LogP contribution in [-0.2, 0) is 0 Å². The summed E-state index contributed by atoms with van der Waals surface area (Å²) in [5, 5.41) is 13.4. The van der Waals surface area contributed by atoms with Crippen LogP contribution in [0.5, 0.6) is 5.75 Å². The molecule has 7 nitrogen and oxygen atoms in total. The summed E-state index contributed by atoms with van der Waals surface area (Å²) in [6, 6.07) is 16.7. The lowest BCUT2D eigenvalue weighted by Crippen LogP contribution is -2.27. The van der Waals surface area contributed by atoms with E-state index in [1.165, 1.54) is 11.8 Å². The molecule has 0 unspecified atom stereocenters. The molecule has 1 aromatic heterocycles. The minimum atomic E-state index is -0.788. The van der Waals surface area contributed by atoms with Crippen LogP contribution in [0.1, 0.15) is 21.6 Å². The quantitative estimate of drug-likeness (QED) is 0.723. The number of methoxy groups -OCH3 is 1. The average Bonchev–Trinajstić information content (AvgIpc) is 2.69. The van der Waals surface area contributed by atoms with Gasteiger partial charge in [-0.05, 0) is 24.3 Å². The second-order valence-corrected chi connectivity index (χ2v) is 5.35. The first-order valence-electron chi connectivity index (χ1n) is 7.64. The van der Waals surface area contributed by atoms with E-state index in [0.29, 0.717) is 17.0 Å². The molecule has 0 spiro atoms. The summed E-state index contributed by atoms with van der Waals surface area (Å²) in [6.45, 7) is 0. The molecule has 0 amide bonds. The Balaban J connectivity index is 2.22. The number of benzene rings is 2. The molecule has 0 fully saturated rings. The first kappa shape index (κ1) is 16.9. The molecule has 0 bridgehead atoms. The molecular weight excluding hydrogens is 332 g/mol. The number of carbonyl (C=O) groups excluding carboxylic acids is 1. The van der Waals surface area contributed by atoms with Crippen LogP contribution in [0, 0.1) is 11.3 Å². The molecule has 2 aromatic carbocycles. The summed E-state index contributed by atoms with van der Waals surface area (Å²) in [5.41, 5.74) is 5.25. The Bertz CT molecular complexity index is 1060. The number of anilines is 1. The molecule has 7 heteroatoms. The number of hydrogen-bond acceptors (Lipinski definition) is 6. The molecule has 3 aromatic rings. The zero-order valence-electron chi connectivity index (χ0n) is 13.8. The summed E-state index contributed by atoms with van der Waals surface area (Å²) in [7, 11) is 1.53. The zero-order valence-corrected chi connectivity index (χ0v) is 13.8. The fourth-order valence-electron chi connectivity index (χ4n) is 2.44. The number of hydrogen-bond donors (Lipinski definition) is 1. The van der Waals surface area contributed by atoms with Crippen LogP contribution in [0.15, 0.2) is 59.4 Å². The summed E-state index contributed by atoms with van der Waals surface area (Å²) in [5.74, 6) is -0.0869. The van der Waals surface area contributed by atoms with Crippen molar-refractivity contribution in [3.63, 3.8) is 0 Å². The van der Waals surface area contributed by atoms with Crippen molar-refractivity contribution < 1.29 is 9.53 Å². The Labute approximate surface area is 148 Å². The molecule has 3 rings (SSSR count). The highest BCUT2D eigenvalue weighted by atomic mass is 16.5.